The quantitative estimate of drug-likeness (QED) is 0.446. The van der Waals surface area contributed by atoms with Gasteiger partial charge >= 0.3 is 0 Å². The van der Waals surface area contributed by atoms with Crippen molar-refractivity contribution in [1.82, 2.24) is 5.32 Å². The fraction of sp³-hybridized carbons (Fsp3) is 0.571. The van der Waals surface area contributed by atoms with Gasteiger partial charge in [0.15, 0.2) is 0 Å². The molecule has 0 radical (unpaired) electrons. The van der Waals surface area contributed by atoms with Crippen LogP contribution in [0.25, 0.3) is 0 Å². The van der Waals surface area contributed by atoms with E-state index in [2.05, 4.69) is 5.32 Å². The zero-order chi connectivity index (χ0) is 10.0. The summed E-state index contributed by atoms with van der Waals surface area (Å²) in [6, 6.07) is -1.53. The number of piperidine rings is 1. The van der Waals surface area contributed by atoms with Crippen LogP contribution in [-0.4, -0.2) is 29.7 Å². The normalized spacial score (nSPS) is 28.5. The SMILES string of the molecule is NC(=O)C1CC(=O)CC(C(N)=O)N1. The highest BCUT2D eigenvalue weighted by atomic mass is 16.2. The van der Waals surface area contributed by atoms with E-state index in [4.69, 9.17) is 11.5 Å². The molecule has 0 spiro atoms. The number of ketones is 1. The van der Waals surface area contributed by atoms with Gasteiger partial charge in [-0.2, -0.15) is 0 Å². The third-order valence-corrected chi connectivity index (χ3v) is 1.95. The smallest absolute Gasteiger partial charge is 0.235 e. The summed E-state index contributed by atoms with van der Waals surface area (Å²) in [6.07, 6.45) is 0.0816. The van der Waals surface area contributed by atoms with Crippen LogP contribution in [0, 0.1) is 0 Å². The van der Waals surface area contributed by atoms with Gasteiger partial charge in [-0.15, -0.1) is 0 Å². The van der Waals surface area contributed by atoms with Gasteiger partial charge in [0.25, 0.3) is 0 Å². The molecule has 1 fully saturated rings. The second-order valence-corrected chi connectivity index (χ2v) is 3.02. The van der Waals surface area contributed by atoms with Crippen molar-refractivity contribution >= 4 is 17.6 Å². The number of hydrogen-bond donors (Lipinski definition) is 3. The maximum atomic E-state index is 11.0. The lowest BCUT2D eigenvalue weighted by atomic mass is 9.96. The second kappa shape index (κ2) is 3.53. The Morgan fingerprint density at radius 2 is 1.54 bits per heavy atom. The van der Waals surface area contributed by atoms with E-state index in [0.717, 1.165) is 0 Å². The van der Waals surface area contributed by atoms with Crippen molar-refractivity contribution in [2.75, 3.05) is 0 Å². The van der Waals surface area contributed by atoms with Crippen LogP contribution in [0.2, 0.25) is 0 Å². The fourth-order valence-corrected chi connectivity index (χ4v) is 1.26. The lowest BCUT2D eigenvalue weighted by Crippen LogP contribution is -2.56. The van der Waals surface area contributed by atoms with Crippen molar-refractivity contribution in [2.24, 2.45) is 11.5 Å². The van der Waals surface area contributed by atoms with Crippen LogP contribution in [0.5, 0.6) is 0 Å². The Balaban J connectivity index is 2.68. The molecule has 0 aromatic carbocycles. The summed E-state index contributed by atoms with van der Waals surface area (Å²) in [4.78, 5) is 32.5. The van der Waals surface area contributed by atoms with Crippen LogP contribution in [0.3, 0.4) is 0 Å². The van der Waals surface area contributed by atoms with Crippen molar-refractivity contribution in [3.05, 3.63) is 0 Å². The summed E-state index contributed by atoms with van der Waals surface area (Å²) in [5.74, 6) is -1.45. The third-order valence-electron chi connectivity index (χ3n) is 1.95. The van der Waals surface area contributed by atoms with Crippen molar-refractivity contribution in [2.45, 2.75) is 24.9 Å². The zero-order valence-electron chi connectivity index (χ0n) is 6.95. The number of primary amides is 2. The number of nitrogens with two attached hydrogens (primary N) is 2. The first-order valence-corrected chi connectivity index (χ1v) is 3.87. The van der Waals surface area contributed by atoms with Crippen molar-refractivity contribution < 1.29 is 14.4 Å². The number of carbonyl (C=O) groups excluding carboxylic acids is 3. The molecule has 0 aliphatic carbocycles. The molecule has 1 heterocycles. The molecule has 6 nitrogen and oxygen atoms in total. The Kier molecular flexibility index (Phi) is 2.62. The van der Waals surface area contributed by atoms with E-state index < -0.39 is 23.9 Å². The number of amides is 2. The van der Waals surface area contributed by atoms with E-state index in [0.29, 0.717) is 0 Å². The largest absolute Gasteiger partial charge is 0.368 e. The average molecular weight is 185 g/mol. The Hall–Kier alpha value is -1.43. The van der Waals surface area contributed by atoms with Gasteiger partial charge in [0.2, 0.25) is 11.8 Å². The Morgan fingerprint density at radius 3 is 1.85 bits per heavy atom. The van der Waals surface area contributed by atoms with E-state index in [9.17, 15) is 14.4 Å². The number of carbonyl (C=O) groups is 3. The van der Waals surface area contributed by atoms with Gasteiger partial charge in [-0.1, -0.05) is 0 Å². The van der Waals surface area contributed by atoms with Crippen molar-refractivity contribution in [3.8, 4) is 0 Å². The molecule has 2 unspecified atom stereocenters. The van der Waals surface area contributed by atoms with E-state index in [1.54, 1.807) is 0 Å². The van der Waals surface area contributed by atoms with Crippen LogP contribution in [0.1, 0.15) is 12.8 Å². The number of nitrogens with one attached hydrogen (secondary N) is 1. The molecule has 13 heavy (non-hydrogen) atoms. The zero-order valence-corrected chi connectivity index (χ0v) is 6.95. The van der Waals surface area contributed by atoms with Crippen LogP contribution in [0.4, 0.5) is 0 Å². The molecular formula is C7H11N3O3. The Labute approximate surface area is 74.6 Å². The predicted molar refractivity (Wildman–Crippen MR) is 43.3 cm³/mol. The average Bonchev–Trinajstić information content (AvgIpc) is 2.03. The van der Waals surface area contributed by atoms with E-state index in [-0.39, 0.29) is 18.6 Å². The van der Waals surface area contributed by atoms with Crippen molar-refractivity contribution in [1.29, 1.82) is 0 Å². The molecule has 1 aliphatic rings. The summed E-state index contributed by atoms with van der Waals surface area (Å²) in [7, 11) is 0. The standard InChI is InChI=1S/C7H11N3O3/c8-6(12)4-1-3(11)2-5(10-4)7(9)13/h4-5,10H,1-2H2,(H2,8,12)(H2,9,13). The minimum atomic E-state index is -0.765. The van der Waals surface area contributed by atoms with Crippen LogP contribution in [0.15, 0.2) is 0 Å². The monoisotopic (exact) mass is 185 g/mol. The molecule has 0 saturated carbocycles. The van der Waals surface area contributed by atoms with Gasteiger partial charge in [0.05, 0.1) is 12.1 Å². The highest BCUT2D eigenvalue weighted by Crippen LogP contribution is 2.08. The number of rotatable bonds is 2. The fourth-order valence-electron chi connectivity index (χ4n) is 1.26. The first-order chi connectivity index (χ1) is 6.00. The Bertz CT molecular complexity index is 240. The van der Waals surface area contributed by atoms with E-state index >= 15 is 0 Å². The minimum absolute atomic E-state index is 0.0408. The lowest BCUT2D eigenvalue weighted by Gasteiger charge is -2.25. The van der Waals surface area contributed by atoms with Gasteiger partial charge in [0.1, 0.15) is 5.78 Å². The molecule has 2 amide bonds. The molecule has 2 atom stereocenters. The summed E-state index contributed by atoms with van der Waals surface area (Å²) < 4.78 is 0. The summed E-state index contributed by atoms with van der Waals surface area (Å²) >= 11 is 0. The first-order valence-electron chi connectivity index (χ1n) is 3.87. The molecule has 1 aliphatic heterocycles. The molecular weight excluding hydrogens is 174 g/mol. The molecule has 0 bridgehead atoms. The second-order valence-electron chi connectivity index (χ2n) is 3.02. The van der Waals surface area contributed by atoms with Gasteiger partial charge in [-0.05, 0) is 0 Å². The van der Waals surface area contributed by atoms with Gasteiger partial charge in [0, 0.05) is 12.8 Å². The molecule has 6 heteroatoms. The molecule has 0 aromatic heterocycles. The topological polar surface area (TPSA) is 115 Å². The molecule has 0 aromatic rings. The molecule has 72 valence electrons. The summed E-state index contributed by atoms with van der Waals surface area (Å²) in [5, 5.41) is 2.61. The maximum Gasteiger partial charge on any atom is 0.235 e. The van der Waals surface area contributed by atoms with E-state index in [1.807, 2.05) is 0 Å². The maximum absolute atomic E-state index is 11.0. The van der Waals surface area contributed by atoms with E-state index in [1.165, 1.54) is 0 Å². The van der Waals surface area contributed by atoms with Crippen LogP contribution >= 0.6 is 0 Å². The number of Topliss-reactive ketones (excluding diaryl/α,β-unsaturated/α-hetero) is 1. The molecule has 1 rings (SSSR count). The minimum Gasteiger partial charge on any atom is -0.368 e. The highest BCUT2D eigenvalue weighted by Gasteiger charge is 2.32. The highest BCUT2D eigenvalue weighted by molar-refractivity contribution is 5.94. The number of hydrogen-bond acceptors (Lipinski definition) is 4. The Morgan fingerprint density at radius 1 is 1.15 bits per heavy atom. The van der Waals surface area contributed by atoms with Crippen LogP contribution in [-0.2, 0) is 14.4 Å². The lowest BCUT2D eigenvalue weighted by molar-refractivity contribution is -0.131. The molecule has 5 N–H and O–H groups in total. The molecule has 1 saturated heterocycles. The summed E-state index contributed by atoms with van der Waals surface area (Å²) in [6.45, 7) is 0. The van der Waals surface area contributed by atoms with Gasteiger partial charge < -0.3 is 11.5 Å². The van der Waals surface area contributed by atoms with Gasteiger partial charge in [-0.3, -0.25) is 19.7 Å². The predicted octanol–water partition coefficient (Wildman–Crippen LogP) is -2.35. The summed E-state index contributed by atoms with van der Waals surface area (Å²) in [5.41, 5.74) is 9.97. The first kappa shape index (κ1) is 9.66. The third kappa shape index (κ3) is 2.25. The van der Waals surface area contributed by atoms with Gasteiger partial charge in [-0.25, -0.2) is 0 Å². The van der Waals surface area contributed by atoms with Crippen LogP contribution < -0.4 is 16.8 Å². The van der Waals surface area contributed by atoms with Crippen molar-refractivity contribution in [3.63, 3.8) is 0 Å².